The van der Waals surface area contributed by atoms with Crippen LogP contribution in [-0.4, -0.2) is 14.5 Å². The van der Waals surface area contributed by atoms with Crippen molar-refractivity contribution in [1.29, 1.82) is 0 Å². The topological polar surface area (TPSA) is 61.0 Å². The quantitative estimate of drug-likeness (QED) is 0.570. The molecule has 5 nitrogen and oxygen atoms in total. The lowest BCUT2D eigenvalue weighted by Gasteiger charge is -2.17. The van der Waals surface area contributed by atoms with Gasteiger partial charge in [-0.2, -0.15) is 0 Å². The van der Waals surface area contributed by atoms with Crippen molar-refractivity contribution in [2.24, 2.45) is 0 Å². The summed E-state index contributed by atoms with van der Waals surface area (Å²) in [4.78, 5) is 14.2. The second kappa shape index (κ2) is 4.00. The minimum atomic E-state index is -0.426. The first-order valence-corrected chi connectivity index (χ1v) is 5.08. The molecular formula is C10H17N3O2. The molecule has 0 spiro atoms. The molecule has 0 aliphatic carbocycles. The van der Waals surface area contributed by atoms with Gasteiger partial charge in [0.15, 0.2) is 0 Å². The highest BCUT2D eigenvalue weighted by molar-refractivity contribution is 5.21. The van der Waals surface area contributed by atoms with E-state index in [1.165, 1.54) is 0 Å². The number of hydrogen-bond acceptors (Lipinski definition) is 3. The second-order valence-electron chi connectivity index (χ2n) is 4.60. The fourth-order valence-electron chi connectivity index (χ4n) is 1.55. The maximum absolute atomic E-state index is 10.8. The van der Waals surface area contributed by atoms with Crippen LogP contribution in [0.25, 0.3) is 0 Å². The van der Waals surface area contributed by atoms with Gasteiger partial charge >= 0.3 is 5.95 Å². The number of rotatable bonds is 3. The minimum absolute atomic E-state index is 0.0539. The predicted octanol–water partition coefficient (Wildman–Crippen LogP) is 2.50. The second-order valence-corrected chi connectivity index (χ2v) is 4.60. The van der Waals surface area contributed by atoms with E-state index in [-0.39, 0.29) is 11.4 Å². The largest absolute Gasteiger partial charge is 0.434 e. The Kier molecular flexibility index (Phi) is 3.12. The molecule has 0 aliphatic rings. The molecule has 0 aliphatic heterocycles. The van der Waals surface area contributed by atoms with E-state index in [1.807, 2.05) is 27.7 Å². The van der Waals surface area contributed by atoms with Crippen LogP contribution in [0.2, 0.25) is 0 Å². The van der Waals surface area contributed by atoms with Gasteiger partial charge in [0.25, 0.3) is 0 Å². The average molecular weight is 211 g/mol. The van der Waals surface area contributed by atoms with E-state index in [2.05, 4.69) is 4.98 Å². The predicted molar refractivity (Wildman–Crippen MR) is 57.9 cm³/mol. The van der Waals surface area contributed by atoms with Crippen molar-refractivity contribution >= 4 is 5.95 Å². The van der Waals surface area contributed by atoms with Crippen LogP contribution in [0.15, 0.2) is 6.20 Å². The number of nitrogens with zero attached hydrogens (tertiary/aromatic N) is 3. The van der Waals surface area contributed by atoms with Crippen LogP contribution in [0, 0.1) is 10.1 Å². The Hall–Kier alpha value is -1.39. The zero-order chi connectivity index (χ0) is 11.6. The minimum Gasteiger partial charge on any atom is -0.390 e. The third kappa shape index (κ3) is 2.34. The summed E-state index contributed by atoms with van der Waals surface area (Å²) in [5, 5.41) is 10.8. The SMILES string of the molecule is CCCn1c(C(C)(C)C)cnc1[N+](=O)[O-]. The highest BCUT2D eigenvalue weighted by Gasteiger charge is 2.28. The summed E-state index contributed by atoms with van der Waals surface area (Å²) in [6.07, 6.45) is 2.47. The molecule has 0 unspecified atom stereocenters. The molecule has 0 saturated heterocycles. The summed E-state index contributed by atoms with van der Waals surface area (Å²) in [6, 6.07) is 0. The zero-order valence-electron chi connectivity index (χ0n) is 9.65. The summed E-state index contributed by atoms with van der Waals surface area (Å²) >= 11 is 0. The first kappa shape index (κ1) is 11.7. The number of hydrogen-bond donors (Lipinski definition) is 0. The third-order valence-corrected chi connectivity index (χ3v) is 2.21. The van der Waals surface area contributed by atoms with Crippen LogP contribution in [0.1, 0.15) is 39.8 Å². The van der Waals surface area contributed by atoms with Crippen LogP contribution in [0.4, 0.5) is 5.95 Å². The maximum Gasteiger partial charge on any atom is 0.434 e. The molecule has 0 saturated carbocycles. The molecular weight excluding hydrogens is 194 g/mol. The fraction of sp³-hybridized carbons (Fsp3) is 0.700. The molecule has 0 amide bonds. The van der Waals surface area contributed by atoms with Crippen LogP contribution in [0.5, 0.6) is 0 Å². The highest BCUT2D eigenvalue weighted by Crippen LogP contribution is 2.26. The average Bonchev–Trinajstić information content (AvgIpc) is 2.47. The Balaban J connectivity index is 3.24. The van der Waals surface area contributed by atoms with Crippen LogP contribution >= 0.6 is 0 Å². The van der Waals surface area contributed by atoms with Gasteiger partial charge < -0.3 is 10.1 Å². The van der Waals surface area contributed by atoms with E-state index in [0.717, 1.165) is 12.1 Å². The van der Waals surface area contributed by atoms with Crippen molar-refractivity contribution in [1.82, 2.24) is 9.55 Å². The number of aromatic nitrogens is 2. The standard InChI is InChI=1S/C10H17N3O2/c1-5-6-12-8(10(2,3)4)7-11-9(12)13(14)15/h7H,5-6H2,1-4H3. The fourth-order valence-corrected chi connectivity index (χ4v) is 1.55. The molecule has 1 heterocycles. The first-order chi connectivity index (χ1) is 6.88. The maximum atomic E-state index is 10.8. The summed E-state index contributed by atoms with van der Waals surface area (Å²) in [5.74, 6) is -0.0539. The first-order valence-electron chi connectivity index (χ1n) is 5.08. The highest BCUT2D eigenvalue weighted by atomic mass is 16.6. The van der Waals surface area contributed by atoms with E-state index >= 15 is 0 Å². The van der Waals surface area contributed by atoms with Crippen molar-refractivity contribution < 1.29 is 4.92 Å². The molecule has 15 heavy (non-hydrogen) atoms. The Morgan fingerprint density at radius 1 is 1.53 bits per heavy atom. The molecule has 0 bridgehead atoms. The number of imidazole rings is 1. The van der Waals surface area contributed by atoms with Gasteiger partial charge in [-0.25, -0.2) is 4.57 Å². The van der Waals surface area contributed by atoms with Gasteiger partial charge in [0.1, 0.15) is 11.9 Å². The summed E-state index contributed by atoms with van der Waals surface area (Å²) in [5.41, 5.74) is 0.798. The van der Waals surface area contributed by atoms with E-state index in [1.54, 1.807) is 10.8 Å². The van der Waals surface area contributed by atoms with E-state index in [0.29, 0.717) is 6.54 Å². The third-order valence-electron chi connectivity index (χ3n) is 2.21. The molecule has 5 heteroatoms. The van der Waals surface area contributed by atoms with Gasteiger partial charge in [-0.15, -0.1) is 0 Å². The lowest BCUT2D eigenvalue weighted by Crippen LogP contribution is -2.18. The Labute approximate surface area is 89.3 Å². The van der Waals surface area contributed by atoms with Crippen LogP contribution in [0.3, 0.4) is 0 Å². The molecule has 1 rings (SSSR count). The molecule has 1 aromatic rings. The van der Waals surface area contributed by atoms with Crippen LogP contribution in [-0.2, 0) is 12.0 Å². The summed E-state index contributed by atoms with van der Waals surface area (Å²) in [6.45, 7) is 8.72. The molecule has 0 N–H and O–H groups in total. The molecule has 0 atom stereocenters. The van der Waals surface area contributed by atoms with Crippen molar-refractivity contribution in [2.45, 2.75) is 46.1 Å². The molecule has 84 valence electrons. The smallest absolute Gasteiger partial charge is 0.390 e. The van der Waals surface area contributed by atoms with Gasteiger partial charge in [0.05, 0.1) is 6.54 Å². The summed E-state index contributed by atoms with van der Waals surface area (Å²) in [7, 11) is 0. The van der Waals surface area contributed by atoms with Gasteiger partial charge in [-0.1, -0.05) is 32.7 Å². The Bertz CT molecular complexity index is 363. The van der Waals surface area contributed by atoms with Gasteiger partial charge in [-0.3, -0.25) is 0 Å². The van der Waals surface area contributed by atoms with Gasteiger partial charge in [0.2, 0.25) is 0 Å². The van der Waals surface area contributed by atoms with Crippen molar-refractivity contribution in [3.63, 3.8) is 0 Å². The van der Waals surface area contributed by atoms with Gasteiger partial charge in [0, 0.05) is 5.41 Å². The van der Waals surface area contributed by atoms with Crippen molar-refractivity contribution in [2.75, 3.05) is 0 Å². The monoisotopic (exact) mass is 211 g/mol. The lowest BCUT2D eigenvalue weighted by atomic mass is 9.92. The van der Waals surface area contributed by atoms with Crippen molar-refractivity contribution in [3.8, 4) is 0 Å². The Morgan fingerprint density at radius 3 is 2.53 bits per heavy atom. The lowest BCUT2D eigenvalue weighted by molar-refractivity contribution is -0.396. The summed E-state index contributed by atoms with van der Waals surface area (Å²) < 4.78 is 1.69. The molecule has 0 aromatic carbocycles. The van der Waals surface area contributed by atoms with Crippen molar-refractivity contribution in [3.05, 3.63) is 22.0 Å². The molecule has 0 fully saturated rings. The van der Waals surface area contributed by atoms with Crippen LogP contribution < -0.4 is 0 Å². The number of nitro groups is 1. The van der Waals surface area contributed by atoms with E-state index in [4.69, 9.17) is 0 Å². The van der Waals surface area contributed by atoms with E-state index < -0.39 is 4.92 Å². The molecule has 1 aromatic heterocycles. The van der Waals surface area contributed by atoms with Gasteiger partial charge in [-0.05, 0) is 11.3 Å². The zero-order valence-corrected chi connectivity index (χ0v) is 9.65. The molecule has 0 radical (unpaired) electrons. The normalized spacial score (nSPS) is 11.7. The Morgan fingerprint density at radius 2 is 2.13 bits per heavy atom. The van der Waals surface area contributed by atoms with E-state index in [9.17, 15) is 10.1 Å².